The van der Waals surface area contributed by atoms with Crippen LogP contribution in [-0.4, -0.2) is 50.4 Å². The molecule has 144 valence electrons. The van der Waals surface area contributed by atoms with E-state index >= 15 is 0 Å². The van der Waals surface area contributed by atoms with Gasteiger partial charge in [-0.1, -0.05) is 12.1 Å². The van der Waals surface area contributed by atoms with E-state index < -0.39 is 33.8 Å². The molecular weight excluding hydrogens is 374 g/mol. The van der Waals surface area contributed by atoms with Gasteiger partial charge in [0.2, 0.25) is 5.91 Å². The molecule has 0 aromatic heterocycles. The Morgan fingerprint density at radius 1 is 1.44 bits per heavy atom. The second kappa shape index (κ2) is 7.18. The van der Waals surface area contributed by atoms with E-state index in [2.05, 4.69) is 5.32 Å². The minimum atomic E-state index is -1.16. The highest BCUT2D eigenvalue weighted by molar-refractivity contribution is 8.01. The number of nitrogens with one attached hydrogen (secondary N) is 1. The van der Waals surface area contributed by atoms with Crippen LogP contribution in [0.3, 0.4) is 0 Å². The zero-order chi connectivity index (χ0) is 19.8. The molecule has 1 aromatic carbocycles. The predicted molar refractivity (Wildman–Crippen MR) is 98.0 cm³/mol. The number of carbonyl (C=O) groups is 3. The van der Waals surface area contributed by atoms with Crippen molar-refractivity contribution in [3.05, 3.63) is 34.4 Å². The van der Waals surface area contributed by atoms with E-state index in [0.717, 1.165) is 0 Å². The van der Waals surface area contributed by atoms with Crippen LogP contribution in [0.5, 0.6) is 0 Å². The molecule has 10 heteroatoms. The van der Waals surface area contributed by atoms with Gasteiger partial charge in [-0.05, 0) is 26.3 Å². The molecule has 1 N–H and O–H groups in total. The number of esters is 1. The molecule has 0 bridgehead atoms. The Hall–Kier alpha value is -2.62. The highest BCUT2D eigenvalue weighted by atomic mass is 32.2. The van der Waals surface area contributed by atoms with Gasteiger partial charge in [-0.2, -0.15) is 0 Å². The molecule has 0 aliphatic carbocycles. The summed E-state index contributed by atoms with van der Waals surface area (Å²) in [5.41, 5.74) is -0.232. The lowest BCUT2D eigenvalue weighted by atomic mass is 10.2. The number of hydrogen-bond donors (Lipinski definition) is 1. The summed E-state index contributed by atoms with van der Waals surface area (Å²) in [7, 11) is 0. The Bertz CT molecular complexity index is 816. The first-order valence-corrected chi connectivity index (χ1v) is 9.42. The predicted octanol–water partition coefficient (Wildman–Crippen LogP) is 1.92. The highest BCUT2D eigenvalue weighted by Gasteiger charge is 2.53. The van der Waals surface area contributed by atoms with Crippen LogP contribution in [0.25, 0.3) is 0 Å². The third kappa shape index (κ3) is 3.61. The maximum absolute atomic E-state index is 12.5. The Kier molecular flexibility index (Phi) is 5.09. The van der Waals surface area contributed by atoms with Gasteiger partial charge in [-0.3, -0.25) is 19.7 Å². The molecule has 2 amide bonds. The van der Waals surface area contributed by atoms with Gasteiger partial charge < -0.3 is 15.0 Å². The van der Waals surface area contributed by atoms with Gasteiger partial charge in [-0.25, -0.2) is 4.79 Å². The van der Waals surface area contributed by atoms with Gasteiger partial charge >= 0.3 is 5.97 Å². The van der Waals surface area contributed by atoms with Gasteiger partial charge in [0.15, 0.2) is 6.10 Å². The van der Waals surface area contributed by atoms with E-state index in [1.54, 1.807) is 11.0 Å². The topological polar surface area (TPSA) is 119 Å². The minimum Gasteiger partial charge on any atom is -0.451 e. The van der Waals surface area contributed by atoms with Crippen LogP contribution in [0.15, 0.2) is 24.3 Å². The quantitative estimate of drug-likeness (QED) is 0.461. The summed E-state index contributed by atoms with van der Waals surface area (Å²) in [5.74, 6) is -1.01. The summed E-state index contributed by atoms with van der Waals surface area (Å²) in [6.45, 7) is 3.30. The van der Waals surface area contributed by atoms with Crippen molar-refractivity contribution in [1.82, 2.24) is 4.90 Å². The van der Waals surface area contributed by atoms with E-state index in [1.807, 2.05) is 6.92 Å². The minimum absolute atomic E-state index is 0.0223. The third-order valence-electron chi connectivity index (χ3n) is 4.74. The van der Waals surface area contributed by atoms with Crippen molar-refractivity contribution in [3.63, 3.8) is 0 Å². The number of thioether (sulfide) groups is 1. The monoisotopic (exact) mass is 393 g/mol. The highest BCUT2D eigenvalue weighted by Crippen LogP contribution is 2.47. The van der Waals surface area contributed by atoms with Crippen molar-refractivity contribution in [1.29, 1.82) is 0 Å². The first kappa shape index (κ1) is 19.2. The van der Waals surface area contributed by atoms with Crippen LogP contribution >= 0.6 is 11.8 Å². The van der Waals surface area contributed by atoms with E-state index in [1.165, 1.54) is 36.9 Å². The number of benzene rings is 1. The standard InChI is InChI=1S/C17H19N3O6S/c1-10(15(22)18-11-5-3-4-6-12(11)20(24)25)26-16(23)13-9-27-17(2)8-7-14(21)19(13)17/h3-6,10,13H,7-9H2,1-2H3,(H,18,22)/t10-,13-,17-/m0/s1. The van der Waals surface area contributed by atoms with E-state index in [9.17, 15) is 24.5 Å². The maximum atomic E-state index is 12.5. The number of rotatable bonds is 5. The van der Waals surface area contributed by atoms with Crippen LogP contribution in [-0.2, 0) is 19.1 Å². The first-order valence-electron chi connectivity index (χ1n) is 8.44. The molecule has 2 saturated heterocycles. The Labute approximate surface area is 159 Å². The molecule has 9 nitrogen and oxygen atoms in total. The van der Waals surface area contributed by atoms with Gasteiger partial charge in [-0.15, -0.1) is 11.8 Å². The number of fused-ring (bicyclic) bond motifs is 1. The lowest BCUT2D eigenvalue weighted by Gasteiger charge is -2.29. The molecular formula is C17H19N3O6S. The lowest BCUT2D eigenvalue weighted by molar-refractivity contribution is -0.383. The zero-order valence-electron chi connectivity index (χ0n) is 14.8. The number of anilines is 1. The molecule has 0 spiro atoms. The summed E-state index contributed by atoms with van der Waals surface area (Å²) in [6, 6.07) is 4.97. The number of ether oxygens (including phenoxy) is 1. The van der Waals surface area contributed by atoms with E-state index in [-0.39, 0.29) is 17.3 Å². The summed E-state index contributed by atoms with van der Waals surface area (Å²) >= 11 is 1.53. The molecule has 0 radical (unpaired) electrons. The summed E-state index contributed by atoms with van der Waals surface area (Å²) in [4.78, 5) is 48.5. The molecule has 2 aliphatic rings. The Morgan fingerprint density at radius 3 is 2.85 bits per heavy atom. The number of hydrogen-bond acceptors (Lipinski definition) is 7. The third-order valence-corrected chi connectivity index (χ3v) is 6.24. The van der Waals surface area contributed by atoms with Crippen LogP contribution < -0.4 is 5.32 Å². The van der Waals surface area contributed by atoms with Crippen molar-refractivity contribution in [2.45, 2.75) is 43.7 Å². The SMILES string of the molecule is C[C@H](OC(=O)[C@@H]1CS[C@@]2(C)CCC(=O)N12)C(=O)Nc1ccccc1[N+](=O)[O-]. The maximum Gasteiger partial charge on any atom is 0.330 e. The number of nitrogens with zero attached hydrogens (tertiary/aromatic N) is 2. The van der Waals surface area contributed by atoms with E-state index in [0.29, 0.717) is 18.6 Å². The molecule has 1 aromatic rings. The van der Waals surface area contributed by atoms with Crippen molar-refractivity contribution >= 4 is 40.9 Å². The molecule has 0 saturated carbocycles. The lowest BCUT2D eigenvalue weighted by Crippen LogP contribution is -2.48. The first-order chi connectivity index (χ1) is 12.7. The second-order valence-electron chi connectivity index (χ2n) is 6.61. The van der Waals surface area contributed by atoms with Crippen LogP contribution in [0.2, 0.25) is 0 Å². The van der Waals surface area contributed by atoms with Gasteiger partial charge in [0, 0.05) is 18.2 Å². The average molecular weight is 393 g/mol. The number of amides is 2. The fourth-order valence-corrected chi connectivity index (χ4v) is 4.69. The smallest absolute Gasteiger partial charge is 0.330 e. The van der Waals surface area contributed by atoms with Crippen molar-refractivity contribution < 1.29 is 24.0 Å². The summed E-state index contributed by atoms with van der Waals surface area (Å²) < 4.78 is 5.24. The fourth-order valence-electron chi connectivity index (χ4n) is 3.27. The zero-order valence-corrected chi connectivity index (χ0v) is 15.7. The van der Waals surface area contributed by atoms with Crippen molar-refractivity contribution in [3.8, 4) is 0 Å². The van der Waals surface area contributed by atoms with Gasteiger partial charge in [0.05, 0.1) is 9.79 Å². The molecule has 0 unspecified atom stereocenters. The molecule has 2 aliphatic heterocycles. The molecule has 2 heterocycles. The van der Waals surface area contributed by atoms with Crippen LogP contribution in [0, 0.1) is 10.1 Å². The fraction of sp³-hybridized carbons (Fsp3) is 0.471. The Morgan fingerprint density at radius 2 is 2.15 bits per heavy atom. The van der Waals surface area contributed by atoms with Gasteiger partial charge in [0.1, 0.15) is 11.7 Å². The number of carbonyl (C=O) groups excluding carboxylic acids is 3. The number of nitro benzene ring substituents is 1. The molecule has 2 fully saturated rings. The van der Waals surface area contributed by atoms with Crippen LogP contribution in [0.1, 0.15) is 26.7 Å². The summed E-state index contributed by atoms with van der Waals surface area (Å²) in [6.07, 6.45) is -0.0958. The van der Waals surface area contributed by atoms with Crippen LogP contribution in [0.4, 0.5) is 11.4 Å². The average Bonchev–Trinajstić information content (AvgIpc) is 3.11. The number of nitro groups is 1. The molecule has 3 rings (SSSR count). The summed E-state index contributed by atoms with van der Waals surface area (Å²) in [5, 5.41) is 13.4. The second-order valence-corrected chi connectivity index (χ2v) is 8.11. The molecule has 27 heavy (non-hydrogen) atoms. The Balaban J connectivity index is 1.64. The van der Waals surface area contributed by atoms with Crippen molar-refractivity contribution in [2.75, 3.05) is 11.1 Å². The molecule has 3 atom stereocenters. The number of para-hydroxylation sites is 2. The van der Waals surface area contributed by atoms with Crippen molar-refractivity contribution in [2.24, 2.45) is 0 Å². The van der Waals surface area contributed by atoms with E-state index in [4.69, 9.17) is 4.74 Å². The van der Waals surface area contributed by atoms with Gasteiger partial charge in [0.25, 0.3) is 11.6 Å². The largest absolute Gasteiger partial charge is 0.451 e. The normalized spacial score (nSPS) is 25.0.